The summed E-state index contributed by atoms with van der Waals surface area (Å²) in [7, 11) is 0. The van der Waals surface area contributed by atoms with Gasteiger partial charge in [0.25, 0.3) is 0 Å². The van der Waals surface area contributed by atoms with E-state index in [0.29, 0.717) is 53.6 Å². The van der Waals surface area contributed by atoms with Crippen LogP contribution in [0.15, 0.2) is 0 Å². The smallest absolute Gasteiger partial charge is 0.302 e. The third-order valence-corrected chi connectivity index (χ3v) is 11.5. The Balaban J connectivity index is 1.54. The van der Waals surface area contributed by atoms with E-state index < -0.39 is 0 Å². The van der Waals surface area contributed by atoms with Crippen LogP contribution in [0, 0.1) is 52.3 Å². The predicted molar refractivity (Wildman–Crippen MR) is 140 cm³/mol. The van der Waals surface area contributed by atoms with E-state index in [0.717, 1.165) is 32.1 Å². The van der Waals surface area contributed by atoms with Crippen molar-refractivity contribution in [1.82, 2.24) is 0 Å². The minimum Gasteiger partial charge on any atom is -0.462 e. The highest BCUT2D eigenvalue weighted by Gasteiger charge is 2.63. The Bertz CT molecular complexity index is 850. The first-order chi connectivity index (χ1) is 16.9. The van der Waals surface area contributed by atoms with Crippen LogP contribution in [0.4, 0.5) is 0 Å². The first kappa shape index (κ1) is 27.6. The molecule has 0 amide bonds. The minimum atomic E-state index is -0.183. The van der Waals surface area contributed by atoms with Gasteiger partial charge in [0.2, 0.25) is 0 Å². The lowest BCUT2D eigenvalue weighted by molar-refractivity contribution is -0.189. The second-order valence-electron chi connectivity index (χ2n) is 13.8. The molecule has 0 aromatic carbocycles. The number of rotatable bonds is 7. The second-order valence-corrected chi connectivity index (χ2v) is 13.8. The molecule has 5 heteroatoms. The van der Waals surface area contributed by atoms with E-state index in [4.69, 9.17) is 9.47 Å². The fourth-order valence-corrected chi connectivity index (χ4v) is 9.67. The molecule has 4 aliphatic carbocycles. The van der Waals surface area contributed by atoms with Crippen molar-refractivity contribution >= 4 is 17.7 Å². The lowest BCUT2D eigenvalue weighted by atomic mass is 9.43. The van der Waals surface area contributed by atoms with Crippen LogP contribution >= 0.6 is 0 Å². The number of hydrogen-bond donors (Lipinski definition) is 0. The number of ketones is 1. The maximum atomic E-state index is 12.4. The van der Waals surface area contributed by atoms with Crippen molar-refractivity contribution in [2.24, 2.45) is 52.3 Å². The van der Waals surface area contributed by atoms with Gasteiger partial charge in [0.05, 0.1) is 0 Å². The molecule has 0 N–H and O–H groups in total. The summed E-state index contributed by atoms with van der Waals surface area (Å²) >= 11 is 0. The Labute approximate surface area is 218 Å². The molecule has 0 saturated heterocycles. The Kier molecular flexibility index (Phi) is 7.99. The molecule has 4 aliphatic rings. The van der Waals surface area contributed by atoms with E-state index in [9.17, 15) is 14.4 Å². The van der Waals surface area contributed by atoms with Crippen molar-refractivity contribution in [3.63, 3.8) is 0 Å². The molecular weight excluding hydrogens is 452 g/mol. The number of esters is 2. The van der Waals surface area contributed by atoms with Crippen LogP contribution in [0.2, 0.25) is 0 Å². The molecule has 1 unspecified atom stereocenters. The molecule has 0 spiro atoms. The van der Waals surface area contributed by atoms with E-state index in [1.807, 2.05) is 0 Å². The van der Waals surface area contributed by atoms with Crippen molar-refractivity contribution in [3.05, 3.63) is 0 Å². The lowest BCUT2D eigenvalue weighted by Crippen LogP contribution is -2.59. The zero-order chi connectivity index (χ0) is 26.4. The fraction of sp³-hybridized carbons (Fsp3) is 0.903. The highest BCUT2D eigenvalue weighted by molar-refractivity contribution is 5.79. The summed E-state index contributed by atoms with van der Waals surface area (Å²) in [5, 5.41) is 0. The molecule has 0 aromatic rings. The largest absolute Gasteiger partial charge is 0.462 e. The van der Waals surface area contributed by atoms with Crippen LogP contribution in [-0.4, -0.2) is 29.9 Å². The molecule has 0 aliphatic heterocycles. The maximum Gasteiger partial charge on any atom is 0.302 e. The molecule has 5 nitrogen and oxygen atoms in total. The number of carbonyl (C=O) groups excluding carboxylic acids is 3. The Morgan fingerprint density at radius 2 is 1.64 bits per heavy atom. The molecule has 0 heterocycles. The highest BCUT2D eigenvalue weighted by atomic mass is 16.5. The number of ether oxygens (including phenoxy) is 2. The average molecular weight is 503 g/mol. The van der Waals surface area contributed by atoms with Gasteiger partial charge in [-0.15, -0.1) is 0 Å². The minimum absolute atomic E-state index is 0.0109. The van der Waals surface area contributed by atoms with Crippen molar-refractivity contribution in [1.29, 1.82) is 0 Å². The summed E-state index contributed by atoms with van der Waals surface area (Å²) in [6.45, 7) is 14.7. The number of fused-ring (bicyclic) bond motifs is 5. The SMILES string of the molecule is CC(=O)OC(CC[C@@H](C)[C@H]1CC[C@H]2[C@@H]3[C@H](OC(C)=O)C[C@H]4CC(=O)CC[C@]4(C)[C@H]3CC[C@]12C)C(C)C. The third kappa shape index (κ3) is 5.01. The van der Waals surface area contributed by atoms with Crippen LogP contribution in [-0.2, 0) is 23.9 Å². The van der Waals surface area contributed by atoms with Gasteiger partial charge in [0.15, 0.2) is 0 Å². The summed E-state index contributed by atoms with van der Waals surface area (Å²) in [6, 6.07) is 0. The zero-order valence-electron chi connectivity index (χ0n) is 23.8. The van der Waals surface area contributed by atoms with Gasteiger partial charge in [-0.05, 0) is 97.7 Å². The topological polar surface area (TPSA) is 69.7 Å². The highest BCUT2D eigenvalue weighted by Crippen LogP contribution is 2.68. The summed E-state index contributed by atoms with van der Waals surface area (Å²) in [6.07, 6.45) is 10.0. The van der Waals surface area contributed by atoms with E-state index in [2.05, 4.69) is 34.6 Å². The van der Waals surface area contributed by atoms with Crippen LogP contribution in [0.25, 0.3) is 0 Å². The van der Waals surface area contributed by atoms with E-state index in [1.165, 1.54) is 32.6 Å². The number of Topliss-reactive ketones (excluding diaryl/α,β-unsaturated/α-hetero) is 1. The van der Waals surface area contributed by atoms with Crippen molar-refractivity contribution in [2.75, 3.05) is 0 Å². The molecule has 4 saturated carbocycles. The molecule has 36 heavy (non-hydrogen) atoms. The maximum absolute atomic E-state index is 12.4. The lowest BCUT2D eigenvalue weighted by Gasteiger charge is -2.62. The second kappa shape index (κ2) is 10.4. The number of hydrogen-bond acceptors (Lipinski definition) is 5. The van der Waals surface area contributed by atoms with Gasteiger partial charge in [-0.2, -0.15) is 0 Å². The van der Waals surface area contributed by atoms with Gasteiger partial charge in [-0.1, -0.05) is 34.6 Å². The molecular formula is C31H50O5. The van der Waals surface area contributed by atoms with E-state index >= 15 is 0 Å². The van der Waals surface area contributed by atoms with E-state index in [1.54, 1.807) is 6.92 Å². The normalized spacial score (nSPS) is 41.6. The Morgan fingerprint density at radius 3 is 2.28 bits per heavy atom. The third-order valence-electron chi connectivity index (χ3n) is 11.5. The van der Waals surface area contributed by atoms with Crippen LogP contribution < -0.4 is 0 Å². The summed E-state index contributed by atoms with van der Waals surface area (Å²) in [5.74, 6) is 3.43. The monoisotopic (exact) mass is 502 g/mol. The van der Waals surface area contributed by atoms with Gasteiger partial charge in [0.1, 0.15) is 18.0 Å². The molecule has 204 valence electrons. The summed E-state index contributed by atoms with van der Waals surface area (Å²) in [5.41, 5.74) is 0.441. The van der Waals surface area contributed by atoms with Gasteiger partial charge in [-0.3, -0.25) is 14.4 Å². The molecule has 0 aromatic heterocycles. The molecule has 0 bridgehead atoms. The molecule has 4 fully saturated rings. The van der Waals surface area contributed by atoms with Crippen LogP contribution in [0.3, 0.4) is 0 Å². The number of carbonyl (C=O) groups is 3. The standard InChI is InChI=1S/C31H50O5/c1-18(2)27(35-20(4)32)11-8-19(3)24-9-10-25-29-26(13-15-31(24,25)7)30(6)14-12-23(34)16-22(30)17-28(29)36-21(5)33/h18-19,22,24-29H,8-17H2,1-7H3/t19-,22-,24-,25+,26+,27?,28-,29+,30+,31-/m1/s1. The summed E-state index contributed by atoms with van der Waals surface area (Å²) in [4.78, 5) is 36.2. The quantitative estimate of drug-likeness (QED) is 0.360. The first-order valence-corrected chi connectivity index (χ1v) is 14.7. The van der Waals surface area contributed by atoms with Crippen LogP contribution in [0.1, 0.15) is 113 Å². The molecule has 0 radical (unpaired) electrons. The van der Waals surface area contributed by atoms with Gasteiger partial charge < -0.3 is 9.47 Å². The molecule has 10 atom stereocenters. The fourth-order valence-electron chi connectivity index (χ4n) is 9.67. The van der Waals surface area contributed by atoms with Crippen molar-refractivity contribution < 1.29 is 23.9 Å². The predicted octanol–water partition coefficient (Wildman–Crippen LogP) is 6.76. The van der Waals surface area contributed by atoms with Gasteiger partial charge >= 0.3 is 11.9 Å². The van der Waals surface area contributed by atoms with E-state index in [-0.39, 0.29) is 35.0 Å². The average Bonchev–Trinajstić information content (AvgIpc) is 3.14. The zero-order valence-corrected chi connectivity index (χ0v) is 23.8. The van der Waals surface area contributed by atoms with Gasteiger partial charge in [0, 0.05) is 32.6 Å². The van der Waals surface area contributed by atoms with Crippen LogP contribution in [0.5, 0.6) is 0 Å². The van der Waals surface area contributed by atoms with Crippen molar-refractivity contribution in [3.8, 4) is 0 Å². The molecule has 4 rings (SSSR count). The first-order valence-electron chi connectivity index (χ1n) is 14.7. The van der Waals surface area contributed by atoms with Gasteiger partial charge in [-0.25, -0.2) is 0 Å². The Hall–Kier alpha value is -1.39. The summed E-state index contributed by atoms with van der Waals surface area (Å²) < 4.78 is 11.7. The van der Waals surface area contributed by atoms with Crippen molar-refractivity contribution in [2.45, 2.75) is 125 Å². The Morgan fingerprint density at radius 1 is 0.944 bits per heavy atom.